The van der Waals surface area contributed by atoms with E-state index in [9.17, 15) is 13.2 Å². The molecule has 1 rings (SSSR count). The quantitative estimate of drug-likeness (QED) is 0.609. The third-order valence-electron chi connectivity index (χ3n) is 0.865. The number of aromatic amines is 1. The zero-order chi connectivity index (χ0) is 9.19. The molecule has 1 N–H and O–H groups in total. The van der Waals surface area contributed by atoms with Crippen molar-refractivity contribution in [2.24, 2.45) is 0 Å². The van der Waals surface area contributed by atoms with Gasteiger partial charge in [0.15, 0.2) is 9.87 Å². The topological polar surface area (TPSA) is 41.6 Å². The normalized spacial score (nSPS) is 14.7. The molecule has 1 heterocycles. The van der Waals surface area contributed by atoms with Crippen LogP contribution in [0.25, 0.3) is 0 Å². The largest absolute Gasteiger partial charge is 0.414 e. The zero-order valence-corrected chi connectivity index (χ0v) is 7.04. The van der Waals surface area contributed by atoms with Crippen molar-refractivity contribution in [2.45, 2.75) is 16.0 Å². The van der Waals surface area contributed by atoms with Gasteiger partial charge in [0, 0.05) is 0 Å². The van der Waals surface area contributed by atoms with Crippen molar-refractivity contribution in [2.75, 3.05) is 0 Å². The summed E-state index contributed by atoms with van der Waals surface area (Å²) in [5.41, 5.74) is 0. The molecular formula is C4H3ClF3N3S. The first-order valence-corrected chi connectivity index (χ1v) is 4.04. The second kappa shape index (κ2) is 3.53. The van der Waals surface area contributed by atoms with E-state index in [1.54, 1.807) is 0 Å². The molecule has 0 fully saturated rings. The Morgan fingerprint density at radius 2 is 2.25 bits per heavy atom. The van der Waals surface area contributed by atoms with Gasteiger partial charge in [0.1, 0.15) is 6.33 Å². The SMILES string of the molecule is FC(F)(F)C(Cl)Sc1ncn[nH]1. The van der Waals surface area contributed by atoms with Gasteiger partial charge in [-0.3, -0.25) is 5.10 Å². The molecule has 1 aromatic heterocycles. The molecule has 0 aliphatic rings. The third kappa shape index (κ3) is 2.56. The summed E-state index contributed by atoms with van der Waals surface area (Å²) in [4.78, 5) is 3.48. The summed E-state index contributed by atoms with van der Waals surface area (Å²) >= 11 is 5.37. The molecule has 1 unspecified atom stereocenters. The Kier molecular flexibility index (Phi) is 2.84. The number of nitrogens with zero attached hydrogens (tertiary/aromatic N) is 2. The minimum absolute atomic E-state index is 0.0484. The van der Waals surface area contributed by atoms with Crippen LogP contribution in [0.3, 0.4) is 0 Å². The molecule has 1 atom stereocenters. The van der Waals surface area contributed by atoms with E-state index < -0.39 is 10.9 Å². The van der Waals surface area contributed by atoms with Crippen LogP contribution in [0.1, 0.15) is 0 Å². The summed E-state index contributed by atoms with van der Waals surface area (Å²) in [5.74, 6) is 0. The van der Waals surface area contributed by atoms with Crippen molar-refractivity contribution in [1.82, 2.24) is 15.2 Å². The van der Waals surface area contributed by atoms with E-state index in [0.717, 1.165) is 6.33 Å². The summed E-state index contributed by atoms with van der Waals surface area (Å²) in [6.45, 7) is 0. The van der Waals surface area contributed by atoms with Crippen LogP contribution in [-0.2, 0) is 0 Å². The molecule has 0 saturated carbocycles. The molecule has 8 heteroatoms. The minimum atomic E-state index is -4.43. The second-order valence-electron chi connectivity index (χ2n) is 1.77. The molecule has 0 radical (unpaired) electrons. The lowest BCUT2D eigenvalue weighted by molar-refractivity contribution is -0.113. The van der Waals surface area contributed by atoms with Crippen molar-refractivity contribution < 1.29 is 13.2 Å². The van der Waals surface area contributed by atoms with Crippen molar-refractivity contribution >= 4 is 23.4 Å². The number of aromatic nitrogens is 3. The summed E-state index contributed by atoms with van der Waals surface area (Å²) in [7, 11) is 0. The van der Waals surface area contributed by atoms with E-state index in [1.165, 1.54) is 0 Å². The van der Waals surface area contributed by atoms with Crippen LogP contribution in [0.5, 0.6) is 0 Å². The number of hydrogen-bond acceptors (Lipinski definition) is 3. The number of nitrogens with one attached hydrogen (secondary N) is 1. The molecular weight excluding hydrogens is 215 g/mol. The first-order chi connectivity index (χ1) is 5.50. The number of rotatable bonds is 2. The van der Waals surface area contributed by atoms with E-state index in [1.807, 2.05) is 0 Å². The van der Waals surface area contributed by atoms with Crippen LogP contribution in [0.15, 0.2) is 11.5 Å². The van der Waals surface area contributed by atoms with Gasteiger partial charge in [0.2, 0.25) is 0 Å². The fourth-order valence-electron chi connectivity index (χ4n) is 0.416. The van der Waals surface area contributed by atoms with E-state index >= 15 is 0 Å². The van der Waals surface area contributed by atoms with Gasteiger partial charge in [0.25, 0.3) is 0 Å². The van der Waals surface area contributed by atoms with Crippen molar-refractivity contribution in [1.29, 1.82) is 0 Å². The number of alkyl halides is 4. The maximum absolute atomic E-state index is 11.8. The molecule has 0 aliphatic heterocycles. The highest BCUT2D eigenvalue weighted by molar-refractivity contribution is 8.01. The molecule has 0 aromatic carbocycles. The minimum Gasteiger partial charge on any atom is -0.254 e. The van der Waals surface area contributed by atoms with Gasteiger partial charge in [-0.05, 0) is 0 Å². The van der Waals surface area contributed by atoms with Gasteiger partial charge in [-0.1, -0.05) is 11.8 Å². The maximum atomic E-state index is 11.8. The zero-order valence-electron chi connectivity index (χ0n) is 5.47. The van der Waals surface area contributed by atoms with Crippen LogP contribution in [0, 0.1) is 0 Å². The second-order valence-corrected chi connectivity index (χ2v) is 3.56. The Bertz CT molecular complexity index is 236. The molecule has 0 amide bonds. The van der Waals surface area contributed by atoms with E-state index in [2.05, 4.69) is 15.2 Å². The average molecular weight is 218 g/mol. The lowest BCUT2D eigenvalue weighted by Gasteiger charge is -2.10. The smallest absolute Gasteiger partial charge is 0.254 e. The lowest BCUT2D eigenvalue weighted by atomic mass is 10.8. The molecule has 68 valence electrons. The fraction of sp³-hybridized carbons (Fsp3) is 0.500. The fourth-order valence-corrected chi connectivity index (χ4v) is 1.21. The third-order valence-corrected chi connectivity index (χ3v) is 2.27. The van der Waals surface area contributed by atoms with Crippen LogP contribution in [-0.4, -0.2) is 26.1 Å². The molecule has 0 saturated heterocycles. The summed E-state index contributed by atoms with van der Waals surface area (Å²) < 4.78 is 33.5. The van der Waals surface area contributed by atoms with Gasteiger partial charge in [0.05, 0.1) is 0 Å². The van der Waals surface area contributed by atoms with Crippen molar-refractivity contribution in [3.8, 4) is 0 Å². The monoisotopic (exact) mass is 217 g/mol. The number of H-pyrrole nitrogens is 1. The van der Waals surface area contributed by atoms with E-state index in [0.29, 0.717) is 11.8 Å². The first-order valence-electron chi connectivity index (χ1n) is 2.73. The highest BCUT2D eigenvalue weighted by atomic mass is 35.5. The van der Waals surface area contributed by atoms with E-state index in [4.69, 9.17) is 11.6 Å². The highest BCUT2D eigenvalue weighted by Crippen LogP contribution is 2.35. The molecule has 0 spiro atoms. The van der Waals surface area contributed by atoms with E-state index in [-0.39, 0.29) is 5.16 Å². The Morgan fingerprint density at radius 1 is 1.58 bits per heavy atom. The number of hydrogen-bond donors (Lipinski definition) is 1. The van der Waals surface area contributed by atoms with Crippen LogP contribution >= 0.6 is 23.4 Å². The molecule has 1 aromatic rings. The van der Waals surface area contributed by atoms with Crippen molar-refractivity contribution in [3.05, 3.63) is 6.33 Å². The first kappa shape index (κ1) is 9.66. The predicted molar refractivity (Wildman–Crippen MR) is 37.9 cm³/mol. The van der Waals surface area contributed by atoms with Gasteiger partial charge in [-0.2, -0.15) is 18.3 Å². The maximum Gasteiger partial charge on any atom is 0.414 e. The van der Waals surface area contributed by atoms with Crippen molar-refractivity contribution in [3.63, 3.8) is 0 Å². The van der Waals surface area contributed by atoms with Gasteiger partial charge in [-0.25, -0.2) is 4.98 Å². The summed E-state index contributed by atoms with van der Waals surface area (Å²) in [5, 5.41) is 5.68. The van der Waals surface area contributed by atoms with Crippen LogP contribution < -0.4 is 0 Å². The Morgan fingerprint density at radius 3 is 2.67 bits per heavy atom. The summed E-state index contributed by atoms with van der Waals surface area (Å²) in [6.07, 6.45) is -3.32. The highest BCUT2D eigenvalue weighted by Gasteiger charge is 2.39. The van der Waals surface area contributed by atoms with Gasteiger partial charge < -0.3 is 0 Å². The molecule has 3 nitrogen and oxygen atoms in total. The number of halogens is 4. The number of thioether (sulfide) groups is 1. The average Bonchev–Trinajstić information content (AvgIpc) is 2.37. The van der Waals surface area contributed by atoms with Gasteiger partial charge in [-0.15, -0.1) is 11.6 Å². The van der Waals surface area contributed by atoms with Crippen LogP contribution in [0.4, 0.5) is 13.2 Å². The molecule has 0 bridgehead atoms. The lowest BCUT2D eigenvalue weighted by Crippen LogP contribution is -2.19. The van der Waals surface area contributed by atoms with Gasteiger partial charge >= 0.3 is 6.18 Å². The molecule has 0 aliphatic carbocycles. The molecule has 12 heavy (non-hydrogen) atoms. The standard InChI is InChI=1S/C4H3ClF3N3S/c5-2(4(6,7)8)12-3-9-1-10-11-3/h1-2H,(H,9,10,11). The predicted octanol–water partition coefficient (Wildman–Crippen LogP) is 2.02. The van der Waals surface area contributed by atoms with Crippen LogP contribution in [0.2, 0.25) is 0 Å². The summed E-state index contributed by atoms with van der Waals surface area (Å²) in [6, 6.07) is 0. The Balaban J connectivity index is 2.53. The Labute approximate surface area is 74.7 Å². The Hall–Kier alpha value is -0.430.